The normalized spacial score (nSPS) is 10.6. The molecular formula is C27H21ClN2O3S. The molecule has 0 fully saturated rings. The number of methoxy groups -OCH3 is 1. The van der Waals surface area contributed by atoms with Crippen molar-refractivity contribution in [2.75, 3.05) is 18.7 Å². The van der Waals surface area contributed by atoms with Crippen LogP contribution < -0.4 is 5.32 Å². The zero-order valence-corrected chi connectivity index (χ0v) is 20.1. The van der Waals surface area contributed by atoms with Gasteiger partial charge >= 0.3 is 5.97 Å². The van der Waals surface area contributed by atoms with Crippen LogP contribution in [0, 0.1) is 0 Å². The second-order valence-electron chi connectivity index (χ2n) is 7.34. The van der Waals surface area contributed by atoms with Crippen LogP contribution in [0.2, 0.25) is 5.02 Å². The van der Waals surface area contributed by atoms with Gasteiger partial charge < -0.3 is 10.1 Å². The number of nitrogens with zero attached hydrogens (tertiary/aromatic N) is 1. The third-order valence-corrected chi connectivity index (χ3v) is 6.31. The van der Waals surface area contributed by atoms with E-state index >= 15 is 0 Å². The summed E-state index contributed by atoms with van der Waals surface area (Å²) in [5.74, 6) is -0.664. The predicted molar refractivity (Wildman–Crippen MR) is 138 cm³/mol. The Bertz CT molecular complexity index is 1340. The van der Waals surface area contributed by atoms with E-state index in [1.54, 1.807) is 48.3 Å². The van der Waals surface area contributed by atoms with Crippen molar-refractivity contribution in [2.24, 2.45) is 0 Å². The Morgan fingerprint density at radius 3 is 2.41 bits per heavy atom. The number of ether oxygens (including phenoxy) is 1. The van der Waals surface area contributed by atoms with E-state index < -0.39 is 5.97 Å². The first-order valence-electron chi connectivity index (χ1n) is 10.4. The standard InChI is InChI=1S/C27H21ClN2O3S/c1-33-27(32)18-8-6-17(7-9-18)22-16-20(34-2)11-12-21(22)26(31)30-19-10-13-24(28)23(15-19)25-5-3-4-14-29-25/h3-16H,1-2H3,(H,30,31). The number of amides is 1. The molecular weight excluding hydrogens is 468 g/mol. The average molecular weight is 489 g/mol. The molecule has 4 aromatic rings. The molecule has 4 rings (SSSR count). The van der Waals surface area contributed by atoms with E-state index in [2.05, 4.69) is 10.3 Å². The van der Waals surface area contributed by atoms with Gasteiger partial charge in [-0.3, -0.25) is 9.78 Å². The van der Waals surface area contributed by atoms with Gasteiger partial charge in [-0.05, 0) is 78.0 Å². The van der Waals surface area contributed by atoms with E-state index in [0.717, 1.165) is 27.3 Å². The minimum Gasteiger partial charge on any atom is -0.465 e. The zero-order chi connectivity index (χ0) is 24.1. The van der Waals surface area contributed by atoms with Gasteiger partial charge in [0.15, 0.2) is 0 Å². The van der Waals surface area contributed by atoms with E-state index in [-0.39, 0.29) is 5.91 Å². The molecule has 0 aliphatic rings. The Labute approximate surface area is 207 Å². The summed E-state index contributed by atoms with van der Waals surface area (Å²) in [4.78, 5) is 30.5. The molecule has 1 heterocycles. The Morgan fingerprint density at radius 1 is 0.941 bits per heavy atom. The van der Waals surface area contributed by atoms with Gasteiger partial charge in [0.1, 0.15) is 0 Å². The van der Waals surface area contributed by atoms with Crippen LogP contribution >= 0.6 is 23.4 Å². The number of pyridine rings is 1. The maximum Gasteiger partial charge on any atom is 0.337 e. The molecule has 0 aliphatic carbocycles. The molecule has 1 aromatic heterocycles. The Hall–Kier alpha value is -3.61. The number of hydrogen-bond acceptors (Lipinski definition) is 5. The molecule has 5 nitrogen and oxygen atoms in total. The van der Waals surface area contributed by atoms with E-state index in [0.29, 0.717) is 21.8 Å². The smallest absolute Gasteiger partial charge is 0.337 e. The first-order chi connectivity index (χ1) is 16.5. The van der Waals surface area contributed by atoms with Crippen molar-refractivity contribution < 1.29 is 14.3 Å². The minimum absolute atomic E-state index is 0.256. The van der Waals surface area contributed by atoms with Gasteiger partial charge in [0.05, 0.1) is 23.4 Å². The van der Waals surface area contributed by atoms with Crippen molar-refractivity contribution in [3.63, 3.8) is 0 Å². The number of hydrogen-bond donors (Lipinski definition) is 1. The summed E-state index contributed by atoms with van der Waals surface area (Å²) in [6, 6.07) is 23.6. The quantitative estimate of drug-likeness (QED) is 0.238. The third-order valence-electron chi connectivity index (χ3n) is 5.25. The summed E-state index contributed by atoms with van der Waals surface area (Å²) in [5.41, 5.74) is 4.60. The first-order valence-corrected chi connectivity index (χ1v) is 12.0. The van der Waals surface area contributed by atoms with Crippen LogP contribution in [-0.4, -0.2) is 30.2 Å². The monoisotopic (exact) mass is 488 g/mol. The number of thioether (sulfide) groups is 1. The average Bonchev–Trinajstić information content (AvgIpc) is 2.89. The van der Waals surface area contributed by atoms with Crippen molar-refractivity contribution in [1.29, 1.82) is 0 Å². The number of nitrogens with one attached hydrogen (secondary N) is 1. The molecule has 3 aromatic carbocycles. The lowest BCUT2D eigenvalue weighted by atomic mass is 9.98. The second kappa shape index (κ2) is 10.5. The van der Waals surface area contributed by atoms with E-state index in [4.69, 9.17) is 16.3 Å². The number of anilines is 1. The molecule has 170 valence electrons. The van der Waals surface area contributed by atoms with Crippen LogP contribution in [0.5, 0.6) is 0 Å². The van der Waals surface area contributed by atoms with Crippen molar-refractivity contribution in [1.82, 2.24) is 4.98 Å². The topological polar surface area (TPSA) is 68.3 Å². The van der Waals surface area contributed by atoms with Crippen LogP contribution in [-0.2, 0) is 4.74 Å². The fourth-order valence-corrected chi connectivity index (χ4v) is 4.16. The number of rotatable bonds is 6. The van der Waals surface area contributed by atoms with Crippen LogP contribution in [0.1, 0.15) is 20.7 Å². The maximum absolute atomic E-state index is 13.3. The van der Waals surface area contributed by atoms with Gasteiger partial charge in [-0.15, -0.1) is 11.8 Å². The molecule has 0 bridgehead atoms. The summed E-state index contributed by atoms with van der Waals surface area (Å²) < 4.78 is 4.78. The molecule has 0 aliphatic heterocycles. The number of benzene rings is 3. The molecule has 1 amide bonds. The molecule has 0 unspecified atom stereocenters. The number of carbonyl (C=O) groups excluding carboxylic acids is 2. The van der Waals surface area contributed by atoms with Crippen LogP contribution in [0.15, 0.2) is 90.0 Å². The van der Waals surface area contributed by atoms with E-state index in [9.17, 15) is 9.59 Å². The molecule has 0 saturated heterocycles. The van der Waals surface area contributed by atoms with Crippen molar-refractivity contribution in [2.45, 2.75) is 4.90 Å². The lowest BCUT2D eigenvalue weighted by Gasteiger charge is -2.13. The lowest BCUT2D eigenvalue weighted by Crippen LogP contribution is -2.13. The number of carbonyl (C=O) groups is 2. The maximum atomic E-state index is 13.3. The SMILES string of the molecule is COC(=O)c1ccc(-c2cc(SC)ccc2C(=O)Nc2ccc(Cl)c(-c3ccccn3)c2)cc1. The fourth-order valence-electron chi connectivity index (χ4n) is 3.51. The Balaban J connectivity index is 1.67. The van der Waals surface area contributed by atoms with Crippen molar-refractivity contribution in [3.8, 4) is 22.4 Å². The van der Waals surface area contributed by atoms with Gasteiger partial charge in [0, 0.05) is 27.9 Å². The number of esters is 1. The molecule has 7 heteroatoms. The van der Waals surface area contributed by atoms with Crippen LogP contribution in [0.25, 0.3) is 22.4 Å². The highest BCUT2D eigenvalue weighted by atomic mass is 35.5. The van der Waals surface area contributed by atoms with Crippen LogP contribution in [0.3, 0.4) is 0 Å². The summed E-state index contributed by atoms with van der Waals surface area (Å²) in [5, 5.41) is 3.52. The molecule has 0 radical (unpaired) electrons. The zero-order valence-electron chi connectivity index (χ0n) is 18.5. The largest absolute Gasteiger partial charge is 0.465 e. The Kier molecular flexibility index (Phi) is 7.30. The number of aromatic nitrogens is 1. The summed E-state index contributed by atoms with van der Waals surface area (Å²) in [6.07, 6.45) is 3.67. The summed E-state index contributed by atoms with van der Waals surface area (Å²) in [6.45, 7) is 0. The van der Waals surface area contributed by atoms with Gasteiger partial charge in [-0.25, -0.2) is 4.79 Å². The highest BCUT2D eigenvalue weighted by Gasteiger charge is 2.16. The third kappa shape index (κ3) is 5.14. The number of halogens is 1. The molecule has 1 N–H and O–H groups in total. The van der Waals surface area contributed by atoms with Crippen molar-refractivity contribution >= 4 is 40.9 Å². The molecule has 0 spiro atoms. The molecule has 0 saturated carbocycles. The Morgan fingerprint density at radius 2 is 1.74 bits per heavy atom. The van der Waals surface area contributed by atoms with Gasteiger partial charge in [-0.2, -0.15) is 0 Å². The van der Waals surface area contributed by atoms with Gasteiger partial charge in [0.25, 0.3) is 5.91 Å². The van der Waals surface area contributed by atoms with E-state index in [1.165, 1.54) is 7.11 Å². The predicted octanol–water partition coefficient (Wildman–Crippen LogP) is 6.83. The lowest BCUT2D eigenvalue weighted by molar-refractivity contribution is 0.0600. The van der Waals surface area contributed by atoms with Crippen LogP contribution in [0.4, 0.5) is 5.69 Å². The minimum atomic E-state index is -0.408. The molecule has 34 heavy (non-hydrogen) atoms. The van der Waals surface area contributed by atoms with Gasteiger partial charge in [-0.1, -0.05) is 29.8 Å². The highest BCUT2D eigenvalue weighted by Crippen LogP contribution is 2.32. The van der Waals surface area contributed by atoms with Crippen molar-refractivity contribution in [3.05, 3.63) is 101 Å². The summed E-state index contributed by atoms with van der Waals surface area (Å²) >= 11 is 7.97. The van der Waals surface area contributed by atoms with E-state index in [1.807, 2.05) is 54.8 Å². The van der Waals surface area contributed by atoms with Gasteiger partial charge in [0.2, 0.25) is 0 Å². The first kappa shape index (κ1) is 23.5. The highest BCUT2D eigenvalue weighted by molar-refractivity contribution is 7.98. The second-order valence-corrected chi connectivity index (χ2v) is 8.63. The fraction of sp³-hybridized carbons (Fsp3) is 0.0741. The molecule has 0 atom stereocenters. The summed E-state index contributed by atoms with van der Waals surface area (Å²) in [7, 11) is 1.34.